The zero-order valence-corrected chi connectivity index (χ0v) is 24.4. The first kappa shape index (κ1) is 33.6. The smallest absolute Gasteiger partial charge is 0.411 e. The summed E-state index contributed by atoms with van der Waals surface area (Å²) in [5.74, 6) is 0. The van der Waals surface area contributed by atoms with E-state index in [2.05, 4.69) is 24.5 Å². The van der Waals surface area contributed by atoms with Crippen molar-refractivity contribution in [2.75, 3.05) is 23.8 Å². The van der Waals surface area contributed by atoms with Crippen molar-refractivity contribution in [3.8, 4) is 0 Å². The number of hydrogen-bond donors (Lipinski definition) is 2. The molecule has 0 aliphatic carbocycles. The minimum Gasteiger partial charge on any atom is -0.449 e. The summed E-state index contributed by atoms with van der Waals surface area (Å²) in [6, 6.07) is 13.9. The van der Waals surface area contributed by atoms with E-state index in [0.29, 0.717) is 34.6 Å². The largest absolute Gasteiger partial charge is 0.449 e. The molecule has 0 saturated heterocycles. The molecule has 0 fully saturated rings. The van der Waals surface area contributed by atoms with Crippen LogP contribution in [0.2, 0.25) is 10.0 Å². The lowest BCUT2D eigenvalue weighted by atomic mass is 10.1. The van der Waals surface area contributed by atoms with Gasteiger partial charge in [0.1, 0.15) is 0 Å². The Morgan fingerprint density at radius 2 is 0.868 bits per heavy atom. The van der Waals surface area contributed by atoms with Crippen LogP contribution in [0.5, 0.6) is 0 Å². The van der Waals surface area contributed by atoms with Crippen molar-refractivity contribution in [3.05, 3.63) is 58.6 Å². The molecule has 8 heteroatoms. The van der Waals surface area contributed by atoms with Gasteiger partial charge in [-0.15, -0.1) is 0 Å². The molecule has 0 radical (unpaired) electrons. The summed E-state index contributed by atoms with van der Waals surface area (Å²) >= 11 is 11.5. The summed E-state index contributed by atoms with van der Waals surface area (Å²) in [4.78, 5) is 22.9. The Morgan fingerprint density at radius 1 is 0.553 bits per heavy atom. The molecule has 0 aliphatic rings. The van der Waals surface area contributed by atoms with E-state index >= 15 is 0 Å². The van der Waals surface area contributed by atoms with E-state index in [4.69, 9.17) is 32.7 Å². The summed E-state index contributed by atoms with van der Waals surface area (Å²) in [6.45, 7) is 5.35. The quantitative estimate of drug-likeness (QED) is 0.198. The van der Waals surface area contributed by atoms with Crippen LogP contribution in [0, 0.1) is 0 Å². The second kappa shape index (κ2) is 22.5. The lowest BCUT2D eigenvalue weighted by Crippen LogP contribution is -2.14. The fourth-order valence-electron chi connectivity index (χ4n) is 3.47. The minimum atomic E-state index is -0.407. The molecule has 0 atom stereocenters. The standard InChI is InChI=1S/2C15H22ClNO2/c2*1-2-3-4-5-6-7-12-19-15(18)17-14-10-8-13(16)9-11-14/h2*8-11H,2-7,12H2,1H3,(H,17,18). The van der Waals surface area contributed by atoms with Crippen LogP contribution >= 0.6 is 23.2 Å². The first-order valence-electron chi connectivity index (χ1n) is 13.8. The molecule has 212 valence electrons. The third-order valence-electron chi connectivity index (χ3n) is 5.64. The molecule has 0 heterocycles. The van der Waals surface area contributed by atoms with Gasteiger partial charge in [-0.3, -0.25) is 10.6 Å². The topological polar surface area (TPSA) is 76.7 Å². The van der Waals surface area contributed by atoms with Crippen LogP contribution in [0.3, 0.4) is 0 Å². The zero-order chi connectivity index (χ0) is 27.8. The molecule has 2 rings (SSSR count). The summed E-state index contributed by atoms with van der Waals surface area (Å²) < 4.78 is 10.2. The fourth-order valence-corrected chi connectivity index (χ4v) is 3.72. The first-order valence-corrected chi connectivity index (χ1v) is 14.6. The van der Waals surface area contributed by atoms with Gasteiger partial charge in [0.15, 0.2) is 0 Å². The number of unbranched alkanes of at least 4 members (excludes halogenated alkanes) is 10. The van der Waals surface area contributed by atoms with Crippen molar-refractivity contribution in [2.24, 2.45) is 0 Å². The molecule has 38 heavy (non-hydrogen) atoms. The molecule has 0 aromatic heterocycles. The summed E-state index contributed by atoms with van der Waals surface area (Å²) in [6.07, 6.45) is 13.3. The molecule has 0 unspecified atom stereocenters. The number of ether oxygens (including phenoxy) is 2. The lowest BCUT2D eigenvalue weighted by molar-refractivity contribution is 0.158. The summed E-state index contributed by atoms with van der Waals surface area (Å²) in [5.41, 5.74) is 1.38. The van der Waals surface area contributed by atoms with E-state index in [1.807, 2.05) is 0 Å². The molecule has 0 bridgehead atoms. The maximum absolute atomic E-state index is 11.5. The monoisotopic (exact) mass is 566 g/mol. The van der Waals surface area contributed by atoms with Gasteiger partial charge in [0, 0.05) is 21.4 Å². The predicted molar refractivity (Wildman–Crippen MR) is 160 cm³/mol. The average molecular weight is 568 g/mol. The van der Waals surface area contributed by atoms with E-state index in [1.165, 1.54) is 51.4 Å². The van der Waals surface area contributed by atoms with Crippen molar-refractivity contribution >= 4 is 46.8 Å². The highest BCUT2D eigenvalue weighted by Crippen LogP contribution is 2.15. The Hall–Kier alpha value is -2.44. The van der Waals surface area contributed by atoms with Crippen LogP contribution in [-0.2, 0) is 9.47 Å². The van der Waals surface area contributed by atoms with E-state index in [9.17, 15) is 9.59 Å². The number of anilines is 2. The van der Waals surface area contributed by atoms with Crippen molar-refractivity contribution < 1.29 is 19.1 Å². The Morgan fingerprint density at radius 3 is 1.21 bits per heavy atom. The normalized spacial score (nSPS) is 10.2. The van der Waals surface area contributed by atoms with Crippen molar-refractivity contribution in [3.63, 3.8) is 0 Å². The minimum absolute atomic E-state index is 0.407. The Bertz CT molecular complexity index is 803. The van der Waals surface area contributed by atoms with Crippen molar-refractivity contribution in [2.45, 2.75) is 90.9 Å². The Balaban J connectivity index is 0.000000380. The molecule has 2 amide bonds. The molecule has 2 aromatic rings. The molecule has 0 spiro atoms. The zero-order valence-electron chi connectivity index (χ0n) is 22.9. The molecule has 2 N–H and O–H groups in total. The Labute approximate surface area is 238 Å². The molecule has 6 nitrogen and oxygen atoms in total. The van der Waals surface area contributed by atoms with Gasteiger partial charge in [0.05, 0.1) is 13.2 Å². The molecule has 2 aromatic carbocycles. The third-order valence-corrected chi connectivity index (χ3v) is 6.15. The number of amides is 2. The van der Waals surface area contributed by atoms with Crippen LogP contribution in [0.4, 0.5) is 21.0 Å². The maximum atomic E-state index is 11.5. The van der Waals surface area contributed by atoms with Crippen LogP contribution < -0.4 is 10.6 Å². The van der Waals surface area contributed by atoms with E-state index in [1.54, 1.807) is 48.5 Å². The lowest BCUT2D eigenvalue weighted by Gasteiger charge is -2.07. The number of carbonyl (C=O) groups excluding carboxylic acids is 2. The second-order valence-electron chi connectivity index (χ2n) is 9.07. The van der Waals surface area contributed by atoms with Crippen LogP contribution in [0.15, 0.2) is 48.5 Å². The highest BCUT2D eigenvalue weighted by atomic mass is 35.5. The van der Waals surface area contributed by atoms with Gasteiger partial charge in [-0.05, 0) is 61.4 Å². The van der Waals surface area contributed by atoms with Gasteiger partial charge in [-0.2, -0.15) is 0 Å². The van der Waals surface area contributed by atoms with Crippen LogP contribution in [0.1, 0.15) is 90.9 Å². The van der Waals surface area contributed by atoms with Crippen molar-refractivity contribution in [1.82, 2.24) is 0 Å². The van der Waals surface area contributed by atoms with Gasteiger partial charge in [0.25, 0.3) is 0 Å². The third kappa shape index (κ3) is 18.8. The summed E-state index contributed by atoms with van der Waals surface area (Å²) in [7, 11) is 0. The van der Waals surface area contributed by atoms with Gasteiger partial charge in [-0.1, -0.05) is 101 Å². The highest BCUT2D eigenvalue weighted by molar-refractivity contribution is 6.30. The van der Waals surface area contributed by atoms with Gasteiger partial charge in [0.2, 0.25) is 0 Å². The van der Waals surface area contributed by atoms with E-state index < -0.39 is 12.2 Å². The summed E-state index contributed by atoms with van der Waals surface area (Å²) in [5, 5.41) is 6.61. The number of carbonyl (C=O) groups is 2. The number of nitrogens with one attached hydrogen (secondary N) is 2. The van der Waals surface area contributed by atoms with Crippen LogP contribution in [-0.4, -0.2) is 25.4 Å². The van der Waals surface area contributed by atoms with Gasteiger partial charge < -0.3 is 9.47 Å². The predicted octanol–water partition coefficient (Wildman–Crippen LogP) is 10.5. The highest BCUT2D eigenvalue weighted by Gasteiger charge is 2.03. The second-order valence-corrected chi connectivity index (χ2v) is 9.94. The first-order chi connectivity index (χ1) is 18.4. The number of rotatable bonds is 16. The molecule has 0 aliphatic heterocycles. The maximum Gasteiger partial charge on any atom is 0.411 e. The Kier molecular flexibility index (Phi) is 19.9. The van der Waals surface area contributed by atoms with Crippen LogP contribution in [0.25, 0.3) is 0 Å². The van der Waals surface area contributed by atoms with E-state index in [-0.39, 0.29) is 0 Å². The van der Waals surface area contributed by atoms with Gasteiger partial charge in [-0.25, -0.2) is 9.59 Å². The number of halogens is 2. The molecular formula is C30H44Cl2N2O4. The van der Waals surface area contributed by atoms with Gasteiger partial charge >= 0.3 is 12.2 Å². The van der Waals surface area contributed by atoms with Crippen molar-refractivity contribution in [1.29, 1.82) is 0 Å². The molecule has 0 saturated carbocycles. The SMILES string of the molecule is CCCCCCCCOC(=O)Nc1ccc(Cl)cc1.CCCCCCCCOC(=O)Nc1ccc(Cl)cc1. The molecular weight excluding hydrogens is 523 g/mol. The number of benzene rings is 2. The fraction of sp³-hybridized carbons (Fsp3) is 0.533. The number of hydrogen-bond acceptors (Lipinski definition) is 4. The average Bonchev–Trinajstić information content (AvgIpc) is 2.91. The van der Waals surface area contributed by atoms with E-state index in [0.717, 1.165) is 25.7 Å².